The molecule has 0 saturated heterocycles. The van der Waals surface area contributed by atoms with Gasteiger partial charge >= 0.3 is 6.03 Å². The van der Waals surface area contributed by atoms with Crippen molar-refractivity contribution in [2.75, 3.05) is 11.9 Å². The normalized spacial score (nSPS) is 10.4. The molecule has 3 rings (SSSR count). The SMILES string of the molecule is O=C(NCc1cccc(F)c1)Nc1nc(CCNC(=O)c2ccoc2)cs1. The van der Waals surface area contributed by atoms with Crippen molar-refractivity contribution in [1.29, 1.82) is 0 Å². The number of carbonyl (C=O) groups excluding carboxylic acids is 2. The summed E-state index contributed by atoms with van der Waals surface area (Å²) in [6, 6.07) is 7.18. The first-order valence-corrected chi connectivity index (χ1v) is 9.02. The highest BCUT2D eigenvalue weighted by molar-refractivity contribution is 7.13. The third kappa shape index (κ3) is 5.65. The molecule has 3 aromatic rings. The Bertz CT molecular complexity index is 911. The molecule has 0 unspecified atom stereocenters. The average Bonchev–Trinajstić information content (AvgIpc) is 3.32. The van der Waals surface area contributed by atoms with Crippen LogP contribution in [0.3, 0.4) is 0 Å². The number of anilines is 1. The number of carbonyl (C=O) groups is 2. The number of amides is 3. The molecule has 7 nitrogen and oxygen atoms in total. The number of urea groups is 1. The fourth-order valence-corrected chi connectivity index (χ4v) is 2.99. The van der Waals surface area contributed by atoms with Crippen LogP contribution in [0.25, 0.3) is 0 Å². The Morgan fingerprint density at radius 3 is 2.89 bits per heavy atom. The maximum absolute atomic E-state index is 13.1. The number of thiazole rings is 1. The van der Waals surface area contributed by atoms with Gasteiger partial charge in [0, 0.05) is 24.9 Å². The number of hydrogen-bond acceptors (Lipinski definition) is 5. The number of benzene rings is 1. The lowest BCUT2D eigenvalue weighted by Crippen LogP contribution is -2.28. The van der Waals surface area contributed by atoms with Gasteiger partial charge in [-0.1, -0.05) is 12.1 Å². The van der Waals surface area contributed by atoms with E-state index in [-0.39, 0.29) is 18.3 Å². The first-order valence-electron chi connectivity index (χ1n) is 8.14. The predicted octanol–water partition coefficient (Wildman–Crippen LogP) is 3.17. The maximum Gasteiger partial charge on any atom is 0.321 e. The van der Waals surface area contributed by atoms with Gasteiger partial charge in [-0.05, 0) is 23.8 Å². The quantitative estimate of drug-likeness (QED) is 0.579. The molecule has 0 bridgehead atoms. The molecule has 0 atom stereocenters. The summed E-state index contributed by atoms with van der Waals surface area (Å²) in [5.41, 5.74) is 1.89. The van der Waals surface area contributed by atoms with Crippen LogP contribution >= 0.6 is 11.3 Å². The van der Waals surface area contributed by atoms with Crippen LogP contribution in [-0.4, -0.2) is 23.5 Å². The van der Waals surface area contributed by atoms with E-state index in [1.165, 1.54) is 36.0 Å². The van der Waals surface area contributed by atoms with E-state index in [1.807, 2.05) is 5.38 Å². The number of furan rings is 1. The summed E-state index contributed by atoms with van der Waals surface area (Å²) in [7, 11) is 0. The van der Waals surface area contributed by atoms with Gasteiger partial charge in [-0.15, -0.1) is 11.3 Å². The minimum atomic E-state index is -0.423. The van der Waals surface area contributed by atoms with E-state index < -0.39 is 6.03 Å². The summed E-state index contributed by atoms with van der Waals surface area (Å²) in [6.07, 6.45) is 3.35. The molecule has 9 heteroatoms. The first-order chi connectivity index (χ1) is 13.1. The molecule has 3 amide bonds. The highest BCUT2D eigenvalue weighted by atomic mass is 32.1. The van der Waals surface area contributed by atoms with Crippen molar-refractivity contribution in [3.63, 3.8) is 0 Å². The summed E-state index contributed by atoms with van der Waals surface area (Å²) < 4.78 is 18.0. The third-order valence-corrected chi connectivity index (χ3v) is 4.37. The van der Waals surface area contributed by atoms with Gasteiger partial charge in [-0.3, -0.25) is 10.1 Å². The Morgan fingerprint density at radius 1 is 1.22 bits per heavy atom. The van der Waals surface area contributed by atoms with Gasteiger partial charge in [0.25, 0.3) is 5.91 Å². The number of rotatable bonds is 7. The van der Waals surface area contributed by atoms with Crippen molar-refractivity contribution in [2.45, 2.75) is 13.0 Å². The Morgan fingerprint density at radius 2 is 2.11 bits per heavy atom. The highest BCUT2D eigenvalue weighted by Gasteiger charge is 2.09. The lowest BCUT2D eigenvalue weighted by molar-refractivity contribution is 0.0953. The Balaban J connectivity index is 1.40. The zero-order valence-electron chi connectivity index (χ0n) is 14.2. The van der Waals surface area contributed by atoms with Crippen LogP contribution in [-0.2, 0) is 13.0 Å². The Kier molecular flexibility index (Phi) is 6.16. The molecule has 0 aliphatic carbocycles. The molecule has 3 N–H and O–H groups in total. The summed E-state index contributed by atoms with van der Waals surface area (Å²) >= 11 is 1.29. The van der Waals surface area contributed by atoms with Crippen molar-refractivity contribution in [2.24, 2.45) is 0 Å². The van der Waals surface area contributed by atoms with Gasteiger partial charge in [0.1, 0.15) is 12.1 Å². The van der Waals surface area contributed by atoms with Crippen LogP contribution < -0.4 is 16.0 Å². The molecule has 0 fully saturated rings. The van der Waals surface area contributed by atoms with Crippen molar-refractivity contribution in [1.82, 2.24) is 15.6 Å². The second-order valence-electron chi connectivity index (χ2n) is 5.60. The van der Waals surface area contributed by atoms with Crippen molar-refractivity contribution >= 4 is 28.4 Å². The van der Waals surface area contributed by atoms with E-state index in [2.05, 4.69) is 20.9 Å². The molecule has 2 heterocycles. The topological polar surface area (TPSA) is 96.3 Å². The van der Waals surface area contributed by atoms with Crippen molar-refractivity contribution in [3.8, 4) is 0 Å². The first kappa shape index (κ1) is 18.6. The predicted molar refractivity (Wildman–Crippen MR) is 99.1 cm³/mol. The smallest absolute Gasteiger partial charge is 0.321 e. The van der Waals surface area contributed by atoms with Gasteiger partial charge in [-0.25, -0.2) is 14.2 Å². The Hall–Kier alpha value is -3.20. The van der Waals surface area contributed by atoms with Gasteiger partial charge in [-0.2, -0.15) is 0 Å². The van der Waals surface area contributed by atoms with E-state index in [0.717, 1.165) is 5.69 Å². The molecule has 0 aliphatic rings. The molecular weight excluding hydrogens is 371 g/mol. The summed E-state index contributed by atoms with van der Waals surface area (Å²) in [5.74, 6) is -0.562. The molecular formula is C18H17FN4O3S. The highest BCUT2D eigenvalue weighted by Crippen LogP contribution is 2.15. The van der Waals surface area contributed by atoms with E-state index in [4.69, 9.17) is 4.42 Å². The standard InChI is InChI=1S/C18H17FN4O3S/c19-14-3-1-2-12(8-14)9-21-17(25)23-18-22-15(11-27-18)4-6-20-16(24)13-5-7-26-10-13/h1-3,5,7-8,10-11H,4,6,9H2,(H,20,24)(H2,21,22,23,25). The van der Waals surface area contributed by atoms with Crippen LogP contribution in [0.15, 0.2) is 52.7 Å². The van der Waals surface area contributed by atoms with Gasteiger partial charge in [0.2, 0.25) is 0 Å². The summed E-state index contributed by atoms with van der Waals surface area (Å²) in [6.45, 7) is 0.626. The van der Waals surface area contributed by atoms with Gasteiger partial charge in [0.15, 0.2) is 5.13 Å². The van der Waals surface area contributed by atoms with Crippen LogP contribution in [0.2, 0.25) is 0 Å². The molecule has 0 radical (unpaired) electrons. The van der Waals surface area contributed by atoms with Gasteiger partial charge in [0.05, 0.1) is 17.5 Å². The molecule has 0 spiro atoms. The lowest BCUT2D eigenvalue weighted by Gasteiger charge is -2.05. The monoisotopic (exact) mass is 388 g/mol. The van der Waals surface area contributed by atoms with E-state index in [9.17, 15) is 14.0 Å². The molecule has 2 aromatic heterocycles. The van der Waals surface area contributed by atoms with E-state index >= 15 is 0 Å². The Labute approximate surface area is 158 Å². The number of aromatic nitrogens is 1. The number of hydrogen-bond donors (Lipinski definition) is 3. The van der Waals surface area contributed by atoms with Crippen LogP contribution in [0.5, 0.6) is 0 Å². The van der Waals surface area contributed by atoms with Crippen molar-refractivity contribution in [3.05, 3.63) is 70.9 Å². The van der Waals surface area contributed by atoms with Crippen LogP contribution in [0, 0.1) is 5.82 Å². The van der Waals surface area contributed by atoms with Gasteiger partial charge < -0.3 is 15.1 Å². The minimum Gasteiger partial charge on any atom is -0.472 e. The number of nitrogens with one attached hydrogen (secondary N) is 3. The molecule has 140 valence electrons. The fraction of sp³-hybridized carbons (Fsp3) is 0.167. The van der Waals surface area contributed by atoms with Crippen LogP contribution in [0.1, 0.15) is 21.6 Å². The summed E-state index contributed by atoms with van der Waals surface area (Å²) in [5, 5.41) is 10.3. The van der Waals surface area contributed by atoms with Crippen molar-refractivity contribution < 1.29 is 18.4 Å². The van der Waals surface area contributed by atoms with Crippen LogP contribution in [0.4, 0.5) is 14.3 Å². The lowest BCUT2D eigenvalue weighted by atomic mass is 10.2. The largest absolute Gasteiger partial charge is 0.472 e. The molecule has 1 aromatic carbocycles. The maximum atomic E-state index is 13.1. The minimum absolute atomic E-state index is 0.210. The summed E-state index contributed by atoms with van der Waals surface area (Å²) in [4.78, 5) is 28.0. The third-order valence-electron chi connectivity index (χ3n) is 3.56. The van der Waals surface area contributed by atoms with E-state index in [0.29, 0.717) is 29.2 Å². The molecule has 0 aliphatic heterocycles. The second kappa shape index (κ2) is 8.95. The molecule has 27 heavy (non-hydrogen) atoms. The molecule has 0 saturated carbocycles. The number of halogens is 1. The van der Waals surface area contributed by atoms with E-state index in [1.54, 1.807) is 18.2 Å². The zero-order chi connectivity index (χ0) is 19.1. The fourth-order valence-electron chi connectivity index (χ4n) is 2.25. The zero-order valence-corrected chi connectivity index (χ0v) is 15.0. The second-order valence-corrected chi connectivity index (χ2v) is 6.46. The average molecular weight is 388 g/mol. The number of nitrogens with zero attached hydrogens (tertiary/aromatic N) is 1.